The number of likely N-dealkylation sites (tertiary alicyclic amines) is 1. The SMILES string of the molecule is CC(C)(C)CC1C(CC(C)(C)C)C2CC1C1C(=O)N(C(C)(C)C)C(=O)C21. The number of carbonyl (C=O) groups excluding carboxylic acids is 2. The fourth-order valence-electron chi connectivity index (χ4n) is 6.42. The van der Waals surface area contributed by atoms with Crippen molar-refractivity contribution in [3.8, 4) is 0 Å². The number of nitrogens with zero attached hydrogens (tertiary/aromatic N) is 1. The number of fused-ring (bicyclic) bond motifs is 5. The highest BCUT2D eigenvalue weighted by molar-refractivity contribution is 6.06. The molecule has 1 saturated heterocycles. The van der Waals surface area contributed by atoms with Gasteiger partial charge >= 0.3 is 0 Å². The van der Waals surface area contributed by atoms with E-state index in [0.29, 0.717) is 23.7 Å². The summed E-state index contributed by atoms with van der Waals surface area (Å²) in [5.74, 6) is 2.11. The standard InChI is InChI=1S/C23H39NO2/c1-21(2,3)11-15-13-10-14(16(15)12-22(4,5)6)18-17(13)19(25)24(20(18)26)23(7,8)9/h13-18H,10-12H2,1-9H3. The van der Waals surface area contributed by atoms with Crippen molar-refractivity contribution in [2.45, 2.75) is 87.1 Å². The Morgan fingerprint density at radius 1 is 0.731 bits per heavy atom. The molecule has 0 aromatic rings. The summed E-state index contributed by atoms with van der Waals surface area (Å²) in [6.07, 6.45) is 3.41. The molecule has 2 saturated carbocycles. The molecule has 3 fully saturated rings. The quantitative estimate of drug-likeness (QED) is 0.639. The predicted octanol–water partition coefficient (Wildman–Crippen LogP) is 5.14. The molecule has 0 N–H and O–H groups in total. The van der Waals surface area contributed by atoms with Gasteiger partial charge in [-0.3, -0.25) is 14.5 Å². The molecule has 3 nitrogen and oxygen atoms in total. The maximum atomic E-state index is 13.2. The van der Waals surface area contributed by atoms with E-state index in [4.69, 9.17) is 0 Å². The summed E-state index contributed by atoms with van der Waals surface area (Å²) in [4.78, 5) is 28.1. The van der Waals surface area contributed by atoms with Gasteiger partial charge in [0.05, 0.1) is 11.8 Å². The molecule has 1 heterocycles. The summed E-state index contributed by atoms with van der Waals surface area (Å²) in [7, 11) is 0. The molecule has 3 aliphatic rings. The van der Waals surface area contributed by atoms with Crippen molar-refractivity contribution in [3.05, 3.63) is 0 Å². The van der Waals surface area contributed by atoms with Crippen molar-refractivity contribution in [2.75, 3.05) is 0 Å². The van der Waals surface area contributed by atoms with Crippen LogP contribution in [0, 0.1) is 46.3 Å². The smallest absolute Gasteiger partial charge is 0.233 e. The Morgan fingerprint density at radius 2 is 1.08 bits per heavy atom. The van der Waals surface area contributed by atoms with Crippen LogP contribution in [0.25, 0.3) is 0 Å². The zero-order valence-corrected chi connectivity index (χ0v) is 18.3. The molecule has 6 unspecified atom stereocenters. The molecule has 2 amide bonds. The molecule has 2 aliphatic carbocycles. The molecule has 0 radical (unpaired) electrons. The van der Waals surface area contributed by atoms with Crippen molar-refractivity contribution < 1.29 is 9.59 Å². The number of hydrogen-bond donors (Lipinski definition) is 0. The predicted molar refractivity (Wildman–Crippen MR) is 105 cm³/mol. The molecule has 0 spiro atoms. The minimum Gasteiger partial charge on any atom is -0.277 e. The van der Waals surface area contributed by atoms with Crippen LogP contribution in [0.15, 0.2) is 0 Å². The second-order valence-electron chi connectivity index (χ2n) is 12.7. The van der Waals surface area contributed by atoms with Crippen LogP contribution < -0.4 is 0 Å². The molecular formula is C23H39NO2. The van der Waals surface area contributed by atoms with Gasteiger partial charge in [0.25, 0.3) is 0 Å². The highest BCUT2D eigenvalue weighted by atomic mass is 16.2. The van der Waals surface area contributed by atoms with Gasteiger partial charge < -0.3 is 0 Å². The summed E-state index contributed by atoms with van der Waals surface area (Å²) in [5.41, 5.74) is 0.114. The summed E-state index contributed by atoms with van der Waals surface area (Å²) >= 11 is 0. The van der Waals surface area contributed by atoms with E-state index in [2.05, 4.69) is 41.5 Å². The molecule has 2 bridgehead atoms. The lowest BCUT2D eigenvalue weighted by molar-refractivity contribution is -0.146. The van der Waals surface area contributed by atoms with Crippen LogP contribution in [-0.2, 0) is 9.59 Å². The lowest BCUT2D eigenvalue weighted by Crippen LogP contribution is -2.46. The Kier molecular flexibility index (Phi) is 4.45. The first-order chi connectivity index (χ1) is 11.6. The zero-order chi connectivity index (χ0) is 19.8. The van der Waals surface area contributed by atoms with Crippen molar-refractivity contribution in [3.63, 3.8) is 0 Å². The second kappa shape index (κ2) is 5.82. The van der Waals surface area contributed by atoms with E-state index >= 15 is 0 Å². The molecular weight excluding hydrogens is 322 g/mol. The molecule has 6 atom stereocenters. The summed E-state index contributed by atoms with van der Waals surface area (Å²) in [5, 5.41) is 0. The average molecular weight is 362 g/mol. The molecule has 1 aliphatic heterocycles. The Labute approximate surface area is 160 Å². The van der Waals surface area contributed by atoms with Gasteiger partial charge in [-0.25, -0.2) is 0 Å². The van der Waals surface area contributed by atoms with Crippen LogP contribution in [-0.4, -0.2) is 22.3 Å². The Morgan fingerprint density at radius 3 is 1.35 bits per heavy atom. The topological polar surface area (TPSA) is 37.4 Å². The van der Waals surface area contributed by atoms with Crippen molar-refractivity contribution in [2.24, 2.45) is 46.3 Å². The maximum Gasteiger partial charge on any atom is 0.233 e. The van der Waals surface area contributed by atoms with Crippen molar-refractivity contribution in [1.29, 1.82) is 0 Å². The maximum absolute atomic E-state index is 13.2. The van der Waals surface area contributed by atoms with E-state index in [-0.39, 0.29) is 34.5 Å². The molecule has 3 heteroatoms. The Hall–Kier alpha value is -0.860. The van der Waals surface area contributed by atoms with Gasteiger partial charge in [-0.1, -0.05) is 41.5 Å². The third-order valence-electron chi connectivity index (χ3n) is 6.88. The van der Waals surface area contributed by atoms with Crippen LogP contribution in [0.5, 0.6) is 0 Å². The largest absolute Gasteiger partial charge is 0.277 e. The van der Waals surface area contributed by atoms with Gasteiger partial charge in [-0.2, -0.15) is 0 Å². The van der Waals surface area contributed by atoms with E-state index in [1.54, 1.807) is 4.90 Å². The summed E-state index contributed by atoms with van der Waals surface area (Å²) in [6, 6.07) is 0. The summed E-state index contributed by atoms with van der Waals surface area (Å²) in [6.45, 7) is 19.9. The first kappa shape index (κ1) is 19.9. The van der Waals surface area contributed by atoms with Gasteiger partial charge in [0, 0.05) is 5.54 Å². The third-order valence-corrected chi connectivity index (χ3v) is 6.88. The van der Waals surface area contributed by atoms with Gasteiger partial charge in [0.1, 0.15) is 0 Å². The third kappa shape index (κ3) is 3.24. The van der Waals surface area contributed by atoms with E-state index in [0.717, 1.165) is 19.3 Å². The monoisotopic (exact) mass is 361 g/mol. The lowest BCUT2D eigenvalue weighted by Gasteiger charge is -2.41. The lowest BCUT2D eigenvalue weighted by atomic mass is 9.62. The van der Waals surface area contributed by atoms with Crippen LogP contribution in [0.1, 0.15) is 81.6 Å². The fourth-order valence-corrected chi connectivity index (χ4v) is 6.42. The fraction of sp³-hybridized carbons (Fsp3) is 0.913. The highest BCUT2D eigenvalue weighted by Gasteiger charge is 2.68. The van der Waals surface area contributed by atoms with E-state index in [9.17, 15) is 9.59 Å². The van der Waals surface area contributed by atoms with Crippen molar-refractivity contribution in [1.82, 2.24) is 4.90 Å². The van der Waals surface area contributed by atoms with E-state index < -0.39 is 5.54 Å². The zero-order valence-electron chi connectivity index (χ0n) is 18.3. The van der Waals surface area contributed by atoms with Crippen LogP contribution >= 0.6 is 0 Å². The molecule has 26 heavy (non-hydrogen) atoms. The van der Waals surface area contributed by atoms with Gasteiger partial charge in [0.15, 0.2) is 0 Å². The Bertz CT molecular complexity index is 555. The number of imide groups is 1. The number of amides is 2. The van der Waals surface area contributed by atoms with E-state index in [1.165, 1.54) is 0 Å². The van der Waals surface area contributed by atoms with Gasteiger partial charge in [0.2, 0.25) is 11.8 Å². The van der Waals surface area contributed by atoms with Gasteiger partial charge in [-0.05, 0) is 74.5 Å². The summed E-state index contributed by atoms with van der Waals surface area (Å²) < 4.78 is 0. The minimum absolute atomic E-state index is 0.0460. The first-order valence-electron chi connectivity index (χ1n) is 10.5. The number of carbonyl (C=O) groups is 2. The molecule has 0 aromatic heterocycles. The molecule has 148 valence electrons. The first-order valence-corrected chi connectivity index (χ1v) is 10.5. The average Bonchev–Trinajstić information content (AvgIpc) is 2.98. The Balaban J connectivity index is 1.96. The van der Waals surface area contributed by atoms with Crippen LogP contribution in [0.2, 0.25) is 0 Å². The normalized spacial score (nSPS) is 37.7. The number of rotatable bonds is 2. The molecule has 0 aromatic carbocycles. The minimum atomic E-state index is -0.406. The van der Waals surface area contributed by atoms with E-state index in [1.807, 2.05) is 20.8 Å². The van der Waals surface area contributed by atoms with Crippen LogP contribution in [0.3, 0.4) is 0 Å². The molecule has 3 rings (SSSR count). The number of hydrogen-bond acceptors (Lipinski definition) is 2. The highest BCUT2D eigenvalue weighted by Crippen LogP contribution is 2.65. The van der Waals surface area contributed by atoms with Crippen LogP contribution in [0.4, 0.5) is 0 Å². The van der Waals surface area contributed by atoms with Gasteiger partial charge in [-0.15, -0.1) is 0 Å². The van der Waals surface area contributed by atoms with Crippen molar-refractivity contribution >= 4 is 11.8 Å². The second-order valence-corrected chi connectivity index (χ2v) is 12.7.